The molecule has 4 heteroatoms. The number of ether oxygens (including phenoxy) is 1. The SMILES string of the molecule is CN(CC(N)C1CCCC1)C(=O)OC(C)(C)C. The summed E-state index contributed by atoms with van der Waals surface area (Å²) in [6.07, 6.45) is 4.65. The highest BCUT2D eigenvalue weighted by Gasteiger charge is 2.26. The third-order valence-corrected chi connectivity index (χ3v) is 3.20. The Balaban J connectivity index is 2.37. The Morgan fingerprint density at radius 2 is 1.94 bits per heavy atom. The summed E-state index contributed by atoms with van der Waals surface area (Å²) in [4.78, 5) is 13.3. The Labute approximate surface area is 104 Å². The quantitative estimate of drug-likeness (QED) is 0.826. The van der Waals surface area contributed by atoms with E-state index in [1.54, 1.807) is 11.9 Å². The maximum atomic E-state index is 11.8. The fraction of sp³-hybridized carbons (Fsp3) is 0.923. The second-order valence-corrected chi connectivity index (χ2v) is 6.07. The maximum absolute atomic E-state index is 11.8. The first-order chi connectivity index (χ1) is 7.79. The second-order valence-electron chi connectivity index (χ2n) is 6.07. The van der Waals surface area contributed by atoms with E-state index < -0.39 is 5.60 Å². The lowest BCUT2D eigenvalue weighted by molar-refractivity contribution is 0.0280. The number of nitrogens with zero attached hydrogens (tertiary/aromatic N) is 1. The highest BCUT2D eigenvalue weighted by Crippen LogP contribution is 2.27. The van der Waals surface area contributed by atoms with Crippen molar-refractivity contribution in [2.45, 2.75) is 58.1 Å². The number of hydrogen-bond acceptors (Lipinski definition) is 3. The standard InChI is InChI=1S/C13H26N2O2/c1-13(2,3)17-12(16)15(4)9-11(14)10-7-5-6-8-10/h10-11H,5-9,14H2,1-4H3. The van der Waals surface area contributed by atoms with Crippen molar-refractivity contribution >= 4 is 6.09 Å². The van der Waals surface area contributed by atoms with Crippen molar-refractivity contribution in [1.29, 1.82) is 0 Å². The van der Waals surface area contributed by atoms with Gasteiger partial charge in [-0.1, -0.05) is 12.8 Å². The smallest absolute Gasteiger partial charge is 0.410 e. The van der Waals surface area contributed by atoms with Crippen LogP contribution in [0.3, 0.4) is 0 Å². The minimum Gasteiger partial charge on any atom is -0.444 e. The summed E-state index contributed by atoms with van der Waals surface area (Å²) in [7, 11) is 1.75. The molecular weight excluding hydrogens is 216 g/mol. The molecule has 1 aliphatic carbocycles. The maximum Gasteiger partial charge on any atom is 0.410 e. The van der Waals surface area contributed by atoms with E-state index in [2.05, 4.69) is 0 Å². The third kappa shape index (κ3) is 4.94. The average Bonchev–Trinajstić information content (AvgIpc) is 2.67. The molecule has 1 atom stereocenters. The van der Waals surface area contributed by atoms with Crippen LogP contribution in [0.25, 0.3) is 0 Å². The lowest BCUT2D eigenvalue weighted by Gasteiger charge is -2.28. The van der Waals surface area contributed by atoms with Crippen molar-refractivity contribution in [2.24, 2.45) is 11.7 Å². The van der Waals surface area contributed by atoms with Crippen LogP contribution in [-0.4, -0.2) is 36.2 Å². The zero-order chi connectivity index (χ0) is 13.1. The molecule has 0 heterocycles. The molecule has 100 valence electrons. The van der Waals surface area contributed by atoms with Crippen molar-refractivity contribution in [2.75, 3.05) is 13.6 Å². The van der Waals surface area contributed by atoms with Gasteiger partial charge in [-0.2, -0.15) is 0 Å². The number of amides is 1. The number of nitrogens with two attached hydrogens (primary N) is 1. The Bertz CT molecular complexity index is 255. The van der Waals surface area contributed by atoms with Crippen LogP contribution >= 0.6 is 0 Å². The molecule has 0 aliphatic heterocycles. The van der Waals surface area contributed by atoms with E-state index in [0.717, 1.165) is 0 Å². The van der Waals surface area contributed by atoms with Gasteiger partial charge in [0.1, 0.15) is 5.60 Å². The van der Waals surface area contributed by atoms with Gasteiger partial charge in [0.05, 0.1) is 0 Å². The molecule has 17 heavy (non-hydrogen) atoms. The third-order valence-electron chi connectivity index (χ3n) is 3.20. The van der Waals surface area contributed by atoms with Crippen LogP contribution < -0.4 is 5.73 Å². The summed E-state index contributed by atoms with van der Waals surface area (Å²) in [5.41, 5.74) is 5.69. The van der Waals surface area contributed by atoms with Gasteiger partial charge in [0.2, 0.25) is 0 Å². The van der Waals surface area contributed by atoms with E-state index in [-0.39, 0.29) is 12.1 Å². The molecule has 0 aromatic rings. The van der Waals surface area contributed by atoms with Crippen LogP contribution in [0, 0.1) is 5.92 Å². The predicted octanol–water partition coefficient (Wildman–Crippen LogP) is 2.37. The molecule has 0 saturated heterocycles. The summed E-state index contributed by atoms with van der Waals surface area (Å²) >= 11 is 0. The van der Waals surface area contributed by atoms with Gasteiger partial charge in [-0.3, -0.25) is 0 Å². The van der Waals surface area contributed by atoms with Gasteiger partial charge in [-0.15, -0.1) is 0 Å². The molecule has 0 radical (unpaired) electrons. The first-order valence-electron chi connectivity index (χ1n) is 6.49. The molecule has 1 aliphatic rings. The summed E-state index contributed by atoms with van der Waals surface area (Å²) in [5.74, 6) is 0.569. The Hall–Kier alpha value is -0.770. The zero-order valence-electron chi connectivity index (χ0n) is 11.5. The predicted molar refractivity (Wildman–Crippen MR) is 68.8 cm³/mol. The molecule has 1 saturated carbocycles. The molecule has 0 bridgehead atoms. The highest BCUT2D eigenvalue weighted by atomic mass is 16.6. The van der Waals surface area contributed by atoms with E-state index in [1.807, 2.05) is 20.8 Å². The molecule has 2 N–H and O–H groups in total. The molecule has 1 unspecified atom stereocenters. The van der Waals surface area contributed by atoms with Gasteiger partial charge in [-0.05, 0) is 39.5 Å². The van der Waals surface area contributed by atoms with Crippen LogP contribution in [0.15, 0.2) is 0 Å². The number of rotatable bonds is 3. The van der Waals surface area contributed by atoms with Crippen molar-refractivity contribution in [3.05, 3.63) is 0 Å². The number of carbonyl (C=O) groups is 1. The van der Waals surface area contributed by atoms with Crippen LogP contribution in [0.1, 0.15) is 46.5 Å². The van der Waals surface area contributed by atoms with Gasteiger partial charge >= 0.3 is 6.09 Å². The largest absolute Gasteiger partial charge is 0.444 e. The molecule has 1 amide bonds. The lowest BCUT2D eigenvalue weighted by Crippen LogP contribution is -2.44. The summed E-state index contributed by atoms with van der Waals surface area (Å²) in [6.45, 7) is 6.19. The van der Waals surface area contributed by atoms with Crippen LogP contribution in [0.4, 0.5) is 4.79 Å². The highest BCUT2D eigenvalue weighted by molar-refractivity contribution is 5.67. The monoisotopic (exact) mass is 242 g/mol. The van der Waals surface area contributed by atoms with Crippen LogP contribution in [0.2, 0.25) is 0 Å². The number of carbonyl (C=O) groups excluding carboxylic acids is 1. The van der Waals surface area contributed by atoms with Crippen molar-refractivity contribution < 1.29 is 9.53 Å². The first kappa shape index (κ1) is 14.3. The molecule has 0 aromatic heterocycles. The van der Waals surface area contributed by atoms with Crippen molar-refractivity contribution in [1.82, 2.24) is 4.90 Å². The first-order valence-corrected chi connectivity index (χ1v) is 6.49. The molecule has 1 rings (SSSR count). The van der Waals surface area contributed by atoms with Crippen molar-refractivity contribution in [3.63, 3.8) is 0 Å². The fourth-order valence-corrected chi connectivity index (χ4v) is 2.27. The normalized spacial score (nSPS) is 19.1. The van der Waals surface area contributed by atoms with Gasteiger partial charge < -0.3 is 15.4 Å². The van der Waals surface area contributed by atoms with E-state index >= 15 is 0 Å². The summed E-state index contributed by atoms with van der Waals surface area (Å²) in [5, 5.41) is 0. The number of likely N-dealkylation sites (N-methyl/N-ethyl adjacent to an activating group) is 1. The number of hydrogen-bond donors (Lipinski definition) is 1. The minimum absolute atomic E-state index is 0.0787. The lowest BCUT2D eigenvalue weighted by atomic mass is 9.99. The Morgan fingerprint density at radius 3 is 2.41 bits per heavy atom. The van der Waals surface area contributed by atoms with E-state index in [1.165, 1.54) is 25.7 Å². The van der Waals surface area contributed by atoms with E-state index in [9.17, 15) is 4.79 Å². The van der Waals surface area contributed by atoms with Crippen LogP contribution in [0.5, 0.6) is 0 Å². The summed E-state index contributed by atoms with van der Waals surface area (Å²) < 4.78 is 5.29. The van der Waals surface area contributed by atoms with Gasteiger partial charge in [0.15, 0.2) is 0 Å². The molecule has 1 fully saturated rings. The van der Waals surface area contributed by atoms with Gasteiger partial charge in [-0.25, -0.2) is 4.79 Å². The fourth-order valence-electron chi connectivity index (χ4n) is 2.27. The van der Waals surface area contributed by atoms with Gasteiger partial charge in [0.25, 0.3) is 0 Å². The van der Waals surface area contributed by atoms with Crippen LogP contribution in [-0.2, 0) is 4.74 Å². The topological polar surface area (TPSA) is 55.6 Å². The van der Waals surface area contributed by atoms with Gasteiger partial charge in [0, 0.05) is 19.6 Å². The minimum atomic E-state index is -0.442. The van der Waals surface area contributed by atoms with E-state index in [4.69, 9.17) is 10.5 Å². The average molecular weight is 242 g/mol. The summed E-state index contributed by atoms with van der Waals surface area (Å²) in [6, 6.07) is 0.0787. The second kappa shape index (κ2) is 5.71. The van der Waals surface area contributed by atoms with Crippen molar-refractivity contribution in [3.8, 4) is 0 Å². The Morgan fingerprint density at radius 1 is 1.41 bits per heavy atom. The Kier molecular flexibility index (Phi) is 4.80. The molecule has 0 spiro atoms. The molecular formula is C13H26N2O2. The molecule has 4 nitrogen and oxygen atoms in total. The zero-order valence-corrected chi connectivity index (χ0v) is 11.5. The molecule has 0 aromatic carbocycles. The van der Waals surface area contributed by atoms with E-state index in [0.29, 0.717) is 12.5 Å².